The lowest BCUT2D eigenvalue weighted by Crippen LogP contribution is -2.46. The summed E-state index contributed by atoms with van der Waals surface area (Å²) in [7, 11) is 0. The Kier molecular flexibility index (Phi) is 5.35. The first kappa shape index (κ1) is 15.2. The third kappa shape index (κ3) is 3.12. The molecular formula is C14H20BrNO2. The van der Waals surface area contributed by atoms with Crippen LogP contribution in [0.5, 0.6) is 0 Å². The van der Waals surface area contributed by atoms with Gasteiger partial charge in [-0.2, -0.15) is 0 Å². The van der Waals surface area contributed by atoms with E-state index < -0.39 is 11.4 Å². The number of halogens is 1. The molecule has 0 amide bonds. The van der Waals surface area contributed by atoms with Gasteiger partial charge in [-0.3, -0.25) is 4.79 Å². The molecule has 1 aromatic carbocycles. The van der Waals surface area contributed by atoms with Crippen molar-refractivity contribution in [2.45, 2.75) is 44.6 Å². The standard InChI is InChI=1S/C14H20BrNO2/c1-3-12(16)14(4-2,9-13(17)18)10-6-5-7-11(15)8-10/h5-8,12H,3-4,9,16H2,1-2H3,(H,17,18). The summed E-state index contributed by atoms with van der Waals surface area (Å²) >= 11 is 3.43. The van der Waals surface area contributed by atoms with Gasteiger partial charge in [0.1, 0.15) is 0 Å². The minimum atomic E-state index is -0.805. The lowest BCUT2D eigenvalue weighted by Gasteiger charge is -2.37. The summed E-state index contributed by atoms with van der Waals surface area (Å²) in [6, 6.07) is 7.64. The molecule has 0 bridgehead atoms. The lowest BCUT2D eigenvalue weighted by atomic mass is 9.69. The molecule has 0 heterocycles. The molecule has 3 nitrogen and oxygen atoms in total. The molecule has 0 aliphatic rings. The van der Waals surface area contributed by atoms with E-state index in [1.807, 2.05) is 38.1 Å². The first-order chi connectivity index (χ1) is 8.46. The van der Waals surface area contributed by atoms with Gasteiger partial charge in [0, 0.05) is 15.9 Å². The van der Waals surface area contributed by atoms with Gasteiger partial charge in [0.05, 0.1) is 6.42 Å². The Morgan fingerprint density at radius 2 is 2.17 bits per heavy atom. The highest BCUT2D eigenvalue weighted by molar-refractivity contribution is 9.10. The van der Waals surface area contributed by atoms with Crippen molar-refractivity contribution >= 4 is 21.9 Å². The fraction of sp³-hybridized carbons (Fsp3) is 0.500. The van der Waals surface area contributed by atoms with E-state index in [9.17, 15) is 9.90 Å². The average molecular weight is 314 g/mol. The van der Waals surface area contributed by atoms with Crippen LogP contribution in [0.3, 0.4) is 0 Å². The Labute approximate surface area is 117 Å². The summed E-state index contributed by atoms with van der Waals surface area (Å²) in [5.41, 5.74) is 6.72. The van der Waals surface area contributed by atoms with Gasteiger partial charge in [0.2, 0.25) is 0 Å². The maximum atomic E-state index is 11.2. The van der Waals surface area contributed by atoms with E-state index in [0.29, 0.717) is 6.42 Å². The summed E-state index contributed by atoms with van der Waals surface area (Å²) < 4.78 is 0.950. The molecule has 0 aromatic heterocycles. The topological polar surface area (TPSA) is 63.3 Å². The minimum Gasteiger partial charge on any atom is -0.481 e. The van der Waals surface area contributed by atoms with E-state index in [4.69, 9.17) is 5.73 Å². The quantitative estimate of drug-likeness (QED) is 0.847. The summed E-state index contributed by atoms with van der Waals surface area (Å²) in [6.07, 6.45) is 1.54. The molecular weight excluding hydrogens is 294 g/mol. The zero-order valence-corrected chi connectivity index (χ0v) is 12.4. The third-order valence-electron chi connectivity index (χ3n) is 3.65. The smallest absolute Gasteiger partial charge is 0.304 e. The SMILES string of the molecule is CCC(N)C(CC)(CC(=O)O)c1cccc(Br)c1. The van der Waals surface area contributed by atoms with Crippen molar-refractivity contribution in [3.05, 3.63) is 34.3 Å². The maximum absolute atomic E-state index is 11.2. The maximum Gasteiger partial charge on any atom is 0.304 e. The third-order valence-corrected chi connectivity index (χ3v) is 4.14. The van der Waals surface area contributed by atoms with Crippen LogP contribution in [0.1, 0.15) is 38.7 Å². The second-order valence-corrected chi connectivity index (χ2v) is 5.52. The van der Waals surface area contributed by atoms with Gasteiger partial charge < -0.3 is 10.8 Å². The molecule has 100 valence electrons. The average Bonchev–Trinajstić information content (AvgIpc) is 2.34. The highest BCUT2D eigenvalue weighted by atomic mass is 79.9. The van der Waals surface area contributed by atoms with Gasteiger partial charge in [-0.05, 0) is 30.5 Å². The molecule has 0 aliphatic heterocycles. The van der Waals surface area contributed by atoms with Gasteiger partial charge >= 0.3 is 5.97 Å². The van der Waals surface area contributed by atoms with Crippen LogP contribution < -0.4 is 5.73 Å². The van der Waals surface area contributed by atoms with Gasteiger partial charge in [0.15, 0.2) is 0 Å². The molecule has 0 saturated carbocycles. The fourth-order valence-corrected chi connectivity index (χ4v) is 2.90. The van der Waals surface area contributed by atoms with E-state index in [1.54, 1.807) is 0 Å². The van der Waals surface area contributed by atoms with Gasteiger partial charge in [-0.25, -0.2) is 0 Å². The molecule has 0 radical (unpaired) electrons. The molecule has 0 aliphatic carbocycles. The molecule has 3 N–H and O–H groups in total. The van der Waals surface area contributed by atoms with Crippen molar-refractivity contribution in [3.63, 3.8) is 0 Å². The van der Waals surface area contributed by atoms with Crippen molar-refractivity contribution in [1.82, 2.24) is 0 Å². The summed E-state index contributed by atoms with van der Waals surface area (Å²) in [5, 5.41) is 9.19. The predicted octanol–water partition coefficient (Wildman–Crippen LogP) is 3.31. The van der Waals surface area contributed by atoms with Crippen molar-refractivity contribution in [2.75, 3.05) is 0 Å². The normalized spacial score (nSPS) is 16.0. The van der Waals surface area contributed by atoms with Gasteiger partial charge in [-0.1, -0.05) is 41.9 Å². The zero-order valence-electron chi connectivity index (χ0n) is 10.8. The van der Waals surface area contributed by atoms with Crippen molar-refractivity contribution in [1.29, 1.82) is 0 Å². The Bertz CT molecular complexity index is 422. The highest BCUT2D eigenvalue weighted by Gasteiger charge is 2.38. The monoisotopic (exact) mass is 313 g/mol. The Morgan fingerprint density at radius 3 is 2.61 bits per heavy atom. The van der Waals surface area contributed by atoms with Crippen LogP contribution >= 0.6 is 15.9 Å². The predicted molar refractivity (Wildman–Crippen MR) is 76.6 cm³/mol. The molecule has 4 heteroatoms. The number of hydrogen-bond acceptors (Lipinski definition) is 2. The van der Waals surface area contributed by atoms with Crippen LogP contribution in [0, 0.1) is 0 Å². The summed E-state index contributed by atoms with van der Waals surface area (Å²) in [5.74, 6) is -0.805. The molecule has 2 unspecified atom stereocenters. The van der Waals surface area contributed by atoms with E-state index in [-0.39, 0.29) is 12.5 Å². The van der Waals surface area contributed by atoms with Crippen LogP contribution in [0.4, 0.5) is 0 Å². The van der Waals surface area contributed by atoms with Crippen LogP contribution in [0.25, 0.3) is 0 Å². The number of carboxylic acid groups (broad SMARTS) is 1. The summed E-state index contributed by atoms with van der Waals surface area (Å²) in [4.78, 5) is 11.2. The highest BCUT2D eigenvalue weighted by Crippen LogP contribution is 2.37. The second kappa shape index (κ2) is 6.34. The van der Waals surface area contributed by atoms with Crippen molar-refractivity contribution < 1.29 is 9.90 Å². The van der Waals surface area contributed by atoms with Gasteiger partial charge in [-0.15, -0.1) is 0 Å². The Morgan fingerprint density at radius 1 is 1.50 bits per heavy atom. The first-order valence-corrected chi connectivity index (χ1v) is 6.99. The first-order valence-electron chi connectivity index (χ1n) is 6.19. The number of benzene rings is 1. The molecule has 1 rings (SSSR count). The molecule has 0 fully saturated rings. The van der Waals surface area contributed by atoms with Crippen molar-refractivity contribution in [2.24, 2.45) is 5.73 Å². The van der Waals surface area contributed by atoms with E-state index in [2.05, 4.69) is 15.9 Å². The van der Waals surface area contributed by atoms with Crippen LogP contribution in [-0.4, -0.2) is 17.1 Å². The van der Waals surface area contributed by atoms with Crippen LogP contribution in [-0.2, 0) is 10.2 Å². The number of aliphatic carboxylic acids is 1. The summed E-state index contributed by atoms with van der Waals surface area (Å²) in [6.45, 7) is 3.99. The molecule has 0 saturated heterocycles. The number of carbonyl (C=O) groups is 1. The number of carboxylic acids is 1. The fourth-order valence-electron chi connectivity index (χ4n) is 2.50. The zero-order chi connectivity index (χ0) is 13.8. The number of hydrogen-bond donors (Lipinski definition) is 2. The van der Waals surface area contributed by atoms with E-state index in [1.165, 1.54) is 0 Å². The number of nitrogens with two attached hydrogens (primary N) is 1. The lowest BCUT2D eigenvalue weighted by molar-refractivity contribution is -0.138. The molecule has 18 heavy (non-hydrogen) atoms. The molecule has 0 spiro atoms. The largest absolute Gasteiger partial charge is 0.481 e. The second-order valence-electron chi connectivity index (χ2n) is 4.61. The van der Waals surface area contributed by atoms with E-state index >= 15 is 0 Å². The Hall–Kier alpha value is -0.870. The Balaban J connectivity index is 3.29. The van der Waals surface area contributed by atoms with Crippen LogP contribution in [0.2, 0.25) is 0 Å². The van der Waals surface area contributed by atoms with E-state index in [0.717, 1.165) is 16.5 Å². The number of rotatable bonds is 6. The molecule has 1 aromatic rings. The molecule has 2 atom stereocenters. The minimum absolute atomic E-state index is 0.0644. The van der Waals surface area contributed by atoms with Crippen LogP contribution in [0.15, 0.2) is 28.7 Å². The van der Waals surface area contributed by atoms with Gasteiger partial charge in [0.25, 0.3) is 0 Å². The van der Waals surface area contributed by atoms with Crippen molar-refractivity contribution in [3.8, 4) is 0 Å².